The highest BCUT2D eigenvalue weighted by molar-refractivity contribution is 5.27. The van der Waals surface area contributed by atoms with E-state index in [1.54, 1.807) is 0 Å². The van der Waals surface area contributed by atoms with Crippen LogP contribution in [0.25, 0.3) is 0 Å². The molecule has 2 aromatic rings. The Balaban J connectivity index is 1.48. The lowest BCUT2D eigenvalue weighted by Crippen LogP contribution is -2.34. The van der Waals surface area contributed by atoms with E-state index in [9.17, 15) is 0 Å². The van der Waals surface area contributed by atoms with Crippen LogP contribution in [0.5, 0.6) is 0 Å². The van der Waals surface area contributed by atoms with Crippen LogP contribution in [-0.2, 0) is 9.47 Å². The topological polar surface area (TPSA) is 18.5 Å². The lowest BCUT2D eigenvalue weighted by atomic mass is 9.76. The van der Waals surface area contributed by atoms with Gasteiger partial charge in [-0.3, -0.25) is 0 Å². The van der Waals surface area contributed by atoms with E-state index in [1.807, 2.05) is 0 Å². The summed E-state index contributed by atoms with van der Waals surface area (Å²) in [5.74, 6) is 3.04. The molecule has 2 heteroatoms. The molecule has 2 aliphatic carbocycles. The van der Waals surface area contributed by atoms with E-state index in [2.05, 4.69) is 86.7 Å². The highest BCUT2D eigenvalue weighted by Crippen LogP contribution is 2.56. The third kappa shape index (κ3) is 2.96. The Labute approximate surface area is 162 Å². The fourth-order valence-corrected chi connectivity index (χ4v) is 5.66. The molecule has 6 atom stereocenters. The lowest BCUT2D eigenvalue weighted by Gasteiger charge is -2.34. The summed E-state index contributed by atoms with van der Waals surface area (Å²) in [6.45, 7) is 4.70. The minimum Gasteiger partial charge on any atom is -0.341 e. The van der Waals surface area contributed by atoms with E-state index in [0.717, 1.165) is 0 Å². The van der Waals surface area contributed by atoms with Crippen LogP contribution in [-0.4, -0.2) is 6.29 Å². The van der Waals surface area contributed by atoms with Crippen LogP contribution in [0.15, 0.2) is 72.8 Å². The van der Waals surface area contributed by atoms with Crippen molar-refractivity contribution in [3.63, 3.8) is 0 Å². The van der Waals surface area contributed by atoms with Crippen molar-refractivity contribution in [3.8, 4) is 0 Å². The summed E-state index contributed by atoms with van der Waals surface area (Å²) in [7, 11) is 0. The van der Waals surface area contributed by atoms with Crippen molar-refractivity contribution < 1.29 is 9.47 Å². The number of ether oxygens (including phenoxy) is 2. The van der Waals surface area contributed by atoms with Crippen molar-refractivity contribution in [3.05, 3.63) is 83.9 Å². The number of rotatable bonds is 4. The van der Waals surface area contributed by atoms with Gasteiger partial charge in [0.1, 0.15) is 12.2 Å². The van der Waals surface area contributed by atoms with E-state index in [-0.39, 0.29) is 18.5 Å². The van der Waals surface area contributed by atoms with Gasteiger partial charge in [-0.25, -0.2) is 0 Å². The van der Waals surface area contributed by atoms with Gasteiger partial charge in [-0.1, -0.05) is 86.7 Å². The molecule has 140 valence electrons. The molecule has 3 aliphatic rings. The number of fused-ring (bicyclic) bond motifs is 2. The molecule has 2 bridgehead atoms. The molecular weight excluding hydrogens is 332 g/mol. The molecule has 0 aromatic heterocycles. The molecule has 2 fully saturated rings. The molecule has 1 heterocycles. The minimum atomic E-state index is -0.132. The summed E-state index contributed by atoms with van der Waals surface area (Å²) in [6, 6.07) is 21.1. The standard InChI is InChI=1S/C25H28O2/c1-16(2)21-19-13-14-20(15-19)22(21)25-26-23(17-9-5-3-6-10-17)24(27-25)18-11-7-4-8-12-18/h3-14,16,19-25H,15H2,1-2H3/t19-,20+,21+,22+,23-,24-/m0/s1. The smallest absolute Gasteiger partial charge is 0.163 e. The second-order valence-electron chi connectivity index (χ2n) is 8.65. The Kier molecular flexibility index (Phi) is 4.41. The molecule has 27 heavy (non-hydrogen) atoms. The zero-order chi connectivity index (χ0) is 18.4. The average Bonchev–Trinajstić information content (AvgIpc) is 3.43. The summed E-state index contributed by atoms with van der Waals surface area (Å²) in [5, 5.41) is 0. The Hall–Kier alpha value is -1.90. The molecule has 0 unspecified atom stereocenters. The summed E-state index contributed by atoms with van der Waals surface area (Å²) in [6.07, 6.45) is 5.89. The SMILES string of the molecule is CC(C)[C@H]1[C@H](C2O[C@@H](c3ccccc3)[C@H](c3ccccc3)O2)[C@@H]2C=C[C@H]1C2. The third-order valence-electron chi connectivity index (χ3n) is 6.76. The fraction of sp³-hybridized carbons (Fsp3) is 0.440. The molecule has 0 spiro atoms. The van der Waals surface area contributed by atoms with Gasteiger partial charge in [-0.2, -0.15) is 0 Å². The zero-order valence-electron chi connectivity index (χ0n) is 16.1. The molecule has 1 aliphatic heterocycles. The molecule has 1 saturated carbocycles. The van der Waals surface area contributed by atoms with Crippen LogP contribution in [0.4, 0.5) is 0 Å². The molecule has 2 aromatic carbocycles. The minimum absolute atomic E-state index is 0.0467. The average molecular weight is 360 g/mol. The van der Waals surface area contributed by atoms with Crippen molar-refractivity contribution in [1.82, 2.24) is 0 Å². The second kappa shape index (κ2) is 6.92. The van der Waals surface area contributed by atoms with Crippen molar-refractivity contribution in [1.29, 1.82) is 0 Å². The Morgan fingerprint density at radius 1 is 0.741 bits per heavy atom. The van der Waals surface area contributed by atoms with E-state index < -0.39 is 0 Å². The molecule has 0 amide bonds. The van der Waals surface area contributed by atoms with Gasteiger partial charge >= 0.3 is 0 Å². The van der Waals surface area contributed by atoms with Crippen LogP contribution in [0.2, 0.25) is 0 Å². The van der Waals surface area contributed by atoms with Gasteiger partial charge in [-0.15, -0.1) is 0 Å². The molecule has 0 N–H and O–H groups in total. The van der Waals surface area contributed by atoms with Gasteiger partial charge in [-0.05, 0) is 41.2 Å². The first-order valence-corrected chi connectivity index (χ1v) is 10.3. The second-order valence-corrected chi connectivity index (χ2v) is 8.65. The summed E-state index contributed by atoms with van der Waals surface area (Å²) >= 11 is 0. The highest BCUT2D eigenvalue weighted by Gasteiger charge is 2.53. The maximum Gasteiger partial charge on any atom is 0.163 e. The third-order valence-corrected chi connectivity index (χ3v) is 6.76. The first-order chi connectivity index (χ1) is 13.2. The number of allylic oxidation sites excluding steroid dienone is 2. The highest BCUT2D eigenvalue weighted by atomic mass is 16.7. The number of hydrogen-bond donors (Lipinski definition) is 0. The van der Waals surface area contributed by atoms with Crippen LogP contribution in [0, 0.1) is 29.6 Å². The first kappa shape index (κ1) is 17.2. The zero-order valence-corrected chi connectivity index (χ0v) is 16.1. The normalized spacial score (nSPS) is 35.4. The van der Waals surface area contributed by atoms with Crippen molar-refractivity contribution in [2.24, 2.45) is 29.6 Å². The quantitative estimate of drug-likeness (QED) is 0.629. The predicted molar refractivity (Wildman–Crippen MR) is 107 cm³/mol. The summed E-state index contributed by atoms with van der Waals surface area (Å²) in [4.78, 5) is 0. The van der Waals surface area contributed by atoms with Crippen LogP contribution < -0.4 is 0 Å². The first-order valence-electron chi connectivity index (χ1n) is 10.3. The largest absolute Gasteiger partial charge is 0.341 e. The van der Waals surface area contributed by atoms with E-state index in [0.29, 0.717) is 29.6 Å². The van der Waals surface area contributed by atoms with Crippen LogP contribution >= 0.6 is 0 Å². The van der Waals surface area contributed by atoms with E-state index >= 15 is 0 Å². The fourth-order valence-electron chi connectivity index (χ4n) is 5.66. The Bertz CT molecular complexity index is 750. The van der Waals surface area contributed by atoms with E-state index in [1.165, 1.54) is 17.5 Å². The predicted octanol–water partition coefficient (Wildman–Crippen LogP) is 5.94. The van der Waals surface area contributed by atoms with Crippen LogP contribution in [0.1, 0.15) is 43.6 Å². The Morgan fingerprint density at radius 3 is 1.78 bits per heavy atom. The number of benzene rings is 2. The van der Waals surface area contributed by atoms with Crippen LogP contribution in [0.3, 0.4) is 0 Å². The van der Waals surface area contributed by atoms with E-state index in [4.69, 9.17) is 9.47 Å². The van der Waals surface area contributed by atoms with Crippen molar-refractivity contribution in [2.75, 3.05) is 0 Å². The van der Waals surface area contributed by atoms with Crippen molar-refractivity contribution >= 4 is 0 Å². The van der Waals surface area contributed by atoms with Gasteiger partial charge < -0.3 is 9.47 Å². The molecule has 1 saturated heterocycles. The summed E-state index contributed by atoms with van der Waals surface area (Å²) < 4.78 is 13.4. The molecular formula is C25H28O2. The van der Waals surface area contributed by atoms with Crippen molar-refractivity contribution in [2.45, 2.75) is 38.8 Å². The molecule has 2 nitrogen and oxygen atoms in total. The lowest BCUT2D eigenvalue weighted by molar-refractivity contribution is -0.128. The maximum atomic E-state index is 6.68. The van der Waals surface area contributed by atoms with Gasteiger partial charge in [0.05, 0.1) is 0 Å². The van der Waals surface area contributed by atoms with Gasteiger partial charge in [0.25, 0.3) is 0 Å². The molecule has 5 rings (SSSR count). The monoisotopic (exact) mass is 360 g/mol. The maximum absolute atomic E-state index is 6.68. The number of hydrogen-bond acceptors (Lipinski definition) is 2. The Morgan fingerprint density at radius 2 is 1.26 bits per heavy atom. The van der Waals surface area contributed by atoms with Gasteiger partial charge in [0, 0.05) is 5.92 Å². The summed E-state index contributed by atoms with van der Waals surface area (Å²) in [5.41, 5.74) is 2.40. The van der Waals surface area contributed by atoms with Gasteiger partial charge in [0.15, 0.2) is 6.29 Å². The van der Waals surface area contributed by atoms with Gasteiger partial charge in [0.2, 0.25) is 0 Å². The molecule has 0 radical (unpaired) electrons.